The summed E-state index contributed by atoms with van der Waals surface area (Å²) in [5.41, 5.74) is 4.94. The Morgan fingerprint density at radius 1 is 1.10 bits per heavy atom. The van der Waals surface area contributed by atoms with Crippen molar-refractivity contribution in [2.75, 3.05) is 33.9 Å². The molecule has 0 saturated heterocycles. The molecule has 0 aliphatic carbocycles. The molecule has 1 atom stereocenters. The van der Waals surface area contributed by atoms with E-state index in [0.717, 1.165) is 25.3 Å². The van der Waals surface area contributed by atoms with Gasteiger partial charge < -0.3 is 20.1 Å². The van der Waals surface area contributed by atoms with Crippen molar-refractivity contribution in [3.63, 3.8) is 0 Å². The molecular weight excluding hydrogens is 366 g/mol. The second-order valence-electron chi connectivity index (χ2n) is 7.37. The number of rotatable bonds is 7. The van der Waals surface area contributed by atoms with Crippen molar-refractivity contribution in [1.82, 2.24) is 15.5 Å². The molecule has 156 valence electrons. The fourth-order valence-electron chi connectivity index (χ4n) is 3.85. The van der Waals surface area contributed by atoms with Crippen LogP contribution in [0.25, 0.3) is 0 Å². The highest BCUT2D eigenvalue weighted by Gasteiger charge is 2.29. The van der Waals surface area contributed by atoms with Crippen LogP contribution in [0.15, 0.2) is 36.4 Å². The van der Waals surface area contributed by atoms with Crippen LogP contribution in [0.3, 0.4) is 0 Å². The fraction of sp³-hybridized carbons (Fsp3) is 0.435. The Morgan fingerprint density at radius 2 is 1.79 bits per heavy atom. The Labute approximate surface area is 173 Å². The molecule has 1 unspecified atom stereocenters. The lowest BCUT2D eigenvalue weighted by atomic mass is 9.91. The van der Waals surface area contributed by atoms with E-state index in [0.29, 0.717) is 18.8 Å². The summed E-state index contributed by atoms with van der Waals surface area (Å²) >= 11 is 0. The van der Waals surface area contributed by atoms with Crippen LogP contribution in [-0.4, -0.2) is 44.8 Å². The number of carbonyl (C=O) groups is 1. The molecule has 6 nitrogen and oxygen atoms in total. The van der Waals surface area contributed by atoms with Gasteiger partial charge in [0.25, 0.3) is 0 Å². The molecule has 6 heteroatoms. The Kier molecular flexibility index (Phi) is 6.99. The van der Waals surface area contributed by atoms with Crippen molar-refractivity contribution in [1.29, 1.82) is 0 Å². The van der Waals surface area contributed by atoms with Crippen LogP contribution in [0, 0.1) is 6.92 Å². The quantitative estimate of drug-likeness (QED) is 0.751. The number of nitrogens with zero attached hydrogens (tertiary/aromatic N) is 1. The lowest BCUT2D eigenvalue weighted by Crippen LogP contribution is -2.44. The highest BCUT2D eigenvalue weighted by atomic mass is 16.5. The van der Waals surface area contributed by atoms with Gasteiger partial charge in [-0.2, -0.15) is 0 Å². The van der Waals surface area contributed by atoms with Crippen LogP contribution in [0.1, 0.15) is 35.2 Å². The first-order chi connectivity index (χ1) is 14.0. The second-order valence-corrected chi connectivity index (χ2v) is 7.37. The summed E-state index contributed by atoms with van der Waals surface area (Å²) < 4.78 is 11.0. The second kappa shape index (κ2) is 9.65. The predicted octanol–water partition coefficient (Wildman–Crippen LogP) is 3.43. The van der Waals surface area contributed by atoms with Gasteiger partial charge in [-0.15, -0.1) is 0 Å². The third kappa shape index (κ3) is 5.01. The van der Waals surface area contributed by atoms with Crippen LogP contribution in [0.4, 0.5) is 4.79 Å². The van der Waals surface area contributed by atoms with Gasteiger partial charge in [-0.1, -0.05) is 29.8 Å². The monoisotopic (exact) mass is 397 g/mol. The maximum atomic E-state index is 12.0. The Bertz CT molecular complexity index is 836. The third-order valence-corrected chi connectivity index (χ3v) is 5.41. The van der Waals surface area contributed by atoms with Crippen molar-refractivity contribution in [3.05, 3.63) is 58.7 Å². The number of aryl methyl sites for hydroxylation is 1. The fourth-order valence-corrected chi connectivity index (χ4v) is 3.85. The first-order valence-electron chi connectivity index (χ1n) is 10.1. The highest BCUT2D eigenvalue weighted by molar-refractivity contribution is 5.73. The number of methoxy groups -OCH3 is 2. The zero-order valence-corrected chi connectivity index (χ0v) is 17.7. The van der Waals surface area contributed by atoms with E-state index in [1.807, 2.05) is 6.92 Å². The van der Waals surface area contributed by atoms with E-state index in [4.69, 9.17) is 9.47 Å². The average molecular weight is 398 g/mol. The van der Waals surface area contributed by atoms with Crippen molar-refractivity contribution < 1.29 is 14.3 Å². The largest absolute Gasteiger partial charge is 0.493 e. The summed E-state index contributed by atoms with van der Waals surface area (Å²) in [7, 11) is 3.31. The van der Waals surface area contributed by atoms with Gasteiger partial charge in [-0.05, 0) is 49.1 Å². The van der Waals surface area contributed by atoms with E-state index in [1.54, 1.807) is 14.2 Å². The van der Waals surface area contributed by atoms with Gasteiger partial charge in [0, 0.05) is 26.2 Å². The highest BCUT2D eigenvalue weighted by Crippen LogP contribution is 2.38. The first kappa shape index (κ1) is 21.0. The van der Waals surface area contributed by atoms with Gasteiger partial charge >= 0.3 is 6.03 Å². The van der Waals surface area contributed by atoms with Gasteiger partial charge in [0.2, 0.25) is 0 Å². The van der Waals surface area contributed by atoms with Crippen molar-refractivity contribution in [3.8, 4) is 11.5 Å². The maximum Gasteiger partial charge on any atom is 0.314 e. The van der Waals surface area contributed by atoms with Crippen LogP contribution in [0.5, 0.6) is 11.5 Å². The zero-order valence-electron chi connectivity index (χ0n) is 17.7. The summed E-state index contributed by atoms with van der Waals surface area (Å²) in [6.07, 6.45) is 0.930. The number of fused-ring (bicyclic) bond motifs is 1. The molecule has 0 bridgehead atoms. The smallest absolute Gasteiger partial charge is 0.314 e. The molecule has 0 saturated carbocycles. The molecule has 2 aromatic carbocycles. The number of amides is 2. The summed E-state index contributed by atoms with van der Waals surface area (Å²) in [6, 6.07) is 12.7. The summed E-state index contributed by atoms with van der Waals surface area (Å²) in [5.74, 6) is 1.46. The molecular formula is C23H31N3O3. The average Bonchev–Trinajstić information content (AvgIpc) is 2.73. The number of benzene rings is 2. The van der Waals surface area contributed by atoms with E-state index in [9.17, 15) is 4.79 Å². The third-order valence-electron chi connectivity index (χ3n) is 5.41. The summed E-state index contributed by atoms with van der Waals surface area (Å²) in [4.78, 5) is 14.5. The minimum atomic E-state index is -0.143. The first-order valence-corrected chi connectivity index (χ1v) is 10.1. The molecule has 3 rings (SSSR count). The van der Waals surface area contributed by atoms with E-state index >= 15 is 0 Å². The molecule has 1 heterocycles. The van der Waals surface area contributed by atoms with Crippen molar-refractivity contribution in [2.45, 2.75) is 32.9 Å². The van der Waals surface area contributed by atoms with E-state index < -0.39 is 0 Å². The Balaban J connectivity index is 1.89. The van der Waals surface area contributed by atoms with Gasteiger partial charge in [0.05, 0.1) is 20.3 Å². The van der Waals surface area contributed by atoms with Gasteiger partial charge in [0.1, 0.15) is 0 Å². The lowest BCUT2D eigenvalue weighted by molar-refractivity contribution is 0.170. The number of hydrogen-bond acceptors (Lipinski definition) is 4. The normalized spacial score (nSPS) is 16.1. The van der Waals surface area contributed by atoms with Crippen molar-refractivity contribution in [2.24, 2.45) is 0 Å². The number of nitrogens with one attached hydrogen (secondary N) is 2. The van der Waals surface area contributed by atoms with Crippen LogP contribution in [0.2, 0.25) is 0 Å². The number of carbonyl (C=O) groups excluding carboxylic acids is 1. The molecule has 29 heavy (non-hydrogen) atoms. The van der Waals surface area contributed by atoms with E-state index in [-0.39, 0.29) is 12.1 Å². The SMILES string of the molecule is CCNC(=O)NCC1c2cc(OC)c(OC)cc2CCN1Cc1ccc(C)cc1. The molecule has 2 aromatic rings. The Morgan fingerprint density at radius 3 is 2.45 bits per heavy atom. The minimum absolute atomic E-state index is 0.0578. The molecule has 1 aliphatic rings. The Hall–Kier alpha value is -2.73. The van der Waals surface area contributed by atoms with Crippen LogP contribution < -0.4 is 20.1 Å². The molecule has 1 aliphatic heterocycles. The molecule has 0 fully saturated rings. The van der Waals surface area contributed by atoms with Gasteiger partial charge in [-0.25, -0.2) is 4.79 Å². The number of hydrogen-bond donors (Lipinski definition) is 2. The number of urea groups is 1. The van der Waals surface area contributed by atoms with Crippen LogP contribution in [-0.2, 0) is 13.0 Å². The maximum absolute atomic E-state index is 12.0. The standard InChI is InChI=1S/C23H31N3O3/c1-5-24-23(27)25-14-20-19-13-22(29-4)21(28-3)12-18(19)10-11-26(20)15-17-8-6-16(2)7-9-17/h6-9,12-13,20H,5,10-11,14-15H2,1-4H3,(H2,24,25,27). The predicted molar refractivity (Wildman–Crippen MR) is 115 cm³/mol. The summed E-state index contributed by atoms with van der Waals surface area (Å²) in [5, 5.41) is 5.83. The van der Waals surface area contributed by atoms with E-state index in [1.165, 1.54) is 22.3 Å². The van der Waals surface area contributed by atoms with Gasteiger partial charge in [0.15, 0.2) is 11.5 Å². The van der Waals surface area contributed by atoms with Gasteiger partial charge in [-0.3, -0.25) is 4.90 Å². The van der Waals surface area contributed by atoms with Crippen molar-refractivity contribution >= 4 is 6.03 Å². The molecule has 2 amide bonds. The number of ether oxygens (including phenoxy) is 2. The molecule has 0 radical (unpaired) electrons. The summed E-state index contributed by atoms with van der Waals surface area (Å²) in [6.45, 7) is 6.88. The topological polar surface area (TPSA) is 62.8 Å². The molecule has 2 N–H and O–H groups in total. The van der Waals surface area contributed by atoms with Crippen LogP contribution >= 0.6 is 0 Å². The lowest BCUT2D eigenvalue weighted by Gasteiger charge is -2.38. The van der Waals surface area contributed by atoms with E-state index in [2.05, 4.69) is 58.9 Å². The minimum Gasteiger partial charge on any atom is -0.493 e. The molecule has 0 spiro atoms. The molecule has 0 aromatic heterocycles. The zero-order chi connectivity index (χ0) is 20.8.